The van der Waals surface area contributed by atoms with Gasteiger partial charge in [-0.15, -0.1) is 0 Å². The maximum absolute atomic E-state index is 9.22. The van der Waals surface area contributed by atoms with Gasteiger partial charge in [0.2, 0.25) is 0 Å². The summed E-state index contributed by atoms with van der Waals surface area (Å²) < 4.78 is 0. The second-order valence-corrected chi connectivity index (χ2v) is 3.98. The first-order valence-electron chi connectivity index (χ1n) is 4.77. The minimum absolute atomic E-state index is 0.221. The Bertz CT molecular complexity index is 138. The zero-order valence-electron chi connectivity index (χ0n) is 8.03. The number of likely N-dealkylation sites (tertiary alicyclic amines) is 1. The van der Waals surface area contributed by atoms with E-state index in [0.717, 1.165) is 25.9 Å². The summed E-state index contributed by atoms with van der Waals surface area (Å²) in [6, 6.07) is 0.897. The number of nitrogens with zero attached hydrogens (tertiary/aromatic N) is 1. The first-order valence-corrected chi connectivity index (χ1v) is 4.77. The van der Waals surface area contributed by atoms with Crippen LogP contribution >= 0.6 is 0 Å². The SMILES string of the molecule is CC(O)CN1CCC(N)CC1C. The summed E-state index contributed by atoms with van der Waals surface area (Å²) in [6.07, 6.45) is 1.91. The Morgan fingerprint density at radius 2 is 2.33 bits per heavy atom. The van der Waals surface area contributed by atoms with Crippen molar-refractivity contribution in [3.05, 3.63) is 0 Å². The summed E-state index contributed by atoms with van der Waals surface area (Å²) in [7, 11) is 0. The summed E-state index contributed by atoms with van der Waals surface area (Å²) >= 11 is 0. The van der Waals surface area contributed by atoms with E-state index < -0.39 is 0 Å². The molecule has 1 aliphatic rings. The second kappa shape index (κ2) is 4.21. The Labute approximate surface area is 74.5 Å². The van der Waals surface area contributed by atoms with Crippen molar-refractivity contribution >= 4 is 0 Å². The minimum Gasteiger partial charge on any atom is -0.392 e. The molecule has 0 radical (unpaired) electrons. The van der Waals surface area contributed by atoms with Crippen molar-refractivity contribution in [3.8, 4) is 0 Å². The molecule has 0 amide bonds. The fraction of sp³-hybridized carbons (Fsp3) is 1.00. The molecule has 12 heavy (non-hydrogen) atoms. The number of hydrogen-bond acceptors (Lipinski definition) is 3. The Kier molecular flexibility index (Phi) is 3.50. The minimum atomic E-state index is -0.221. The monoisotopic (exact) mass is 172 g/mol. The molecule has 1 fully saturated rings. The van der Waals surface area contributed by atoms with E-state index in [0.29, 0.717) is 12.1 Å². The summed E-state index contributed by atoms with van der Waals surface area (Å²) in [5, 5.41) is 9.22. The molecule has 72 valence electrons. The molecule has 0 aromatic carbocycles. The van der Waals surface area contributed by atoms with E-state index in [2.05, 4.69) is 11.8 Å². The van der Waals surface area contributed by atoms with Gasteiger partial charge in [0.1, 0.15) is 0 Å². The highest BCUT2D eigenvalue weighted by atomic mass is 16.3. The van der Waals surface area contributed by atoms with Crippen molar-refractivity contribution < 1.29 is 5.11 Å². The molecular formula is C9H20N2O. The third-order valence-corrected chi connectivity index (χ3v) is 2.55. The Balaban J connectivity index is 2.34. The fourth-order valence-corrected chi connectivity index (χ4v) is 1.87. The Morgan fingerprint density at radius 3 is 2.83 bits per heavy atom. The van der Waals surface area contributed by atoms with E-state index in [9.17, 15) is 5.11 Å². The Morgan fingerprint density at radius 1 is 1.67 bits per heavy atom. The average Bonchev–Trinajstić information content (AvgIpc) is 1.94. The van der Waals surface area contributed by atoms with Crippen LogP contribution < -0.4 is 5.73 Å². The number of β-amino-alcohol motifs (C(OH)–C–C–N with tert-alkyl or cyclic N) is 1. The highest BCUT2D eigenvalue weighted by molar-refractivity contribution is 4.81. The summed E-state index contributed by atoms with van der Waals surface area (Å²) in [5.41, 5.74) is 5.83. The van der Waals surface area contributed by atoms with Gasteiger partial charge in [-0.2, -0.15) is 0 Å². The van der Waals surface area contributed by atoms with Gasteiger partial charge in [0.25, 0.3) is 0 Å². The average molecular weight is 172 g/mol. The topological polar surface area (TPSA) is 49.5 Å². The van der Waals surface area contributed by atoms with Gasteiger partial charge < -0.3 is 10.8 Å². The van der Waals surface area contributed by atoms with Crippen molar-refractivity contribution in [1.29, 1.82) is 0 Å². The van der Waals surface area contributed by atoms with Crippen molar-refractivity contribution in [2.24, 2.45) is 5.73 Å². The van der Waals surface area contributed by atoms with E-state index in [1.165, 1.54) is 0 Å². The predicted octanol–water partition coefficient (Wildman–Crippen LogP) is 0.179. The largest absolute Gasteiger partial charge is 0.392 e. The number of aliphatic hydroxyl groups is 1. The lowest BCUT2D eigenvalue weighted by Gasteiger charge is -2.36. The number of nitrogens with two attached hydrogens (primary N) is 1. The van der Waals surface area contributed by atoms with Crippen LogP contribution in [0, 0.1) is 0 Å². The first-order chi connectivity index (χ1) is 5.59. The Hall–Kier alpha value is -0.120. The van der Waals surface area contributed by atoms with Crippen LogP contribution in [0.25, 0.3) is 0 Å². The van der Waals surface area contributed by atoms with Crippen LogP contribution in [0.4, 0.5) is 0 Å². The number of rotatable bonds is 2. The van der Waals surface area contributed by atoms with Gasteiger partial charge in [-0.3, -0.25) is 4.90 Å². The molecule has 0 aromatic heterocycles. The molecule has 0 aliphatic carbocycles. The first kappa shape index (κ1) is 9.96. The van der Waals surface area contributed by atoms with Crippen molar-refractivity contribution in [3.63, 3.8) is 0 Å². The summed E-state index contributed by atoms with van der Waals surface area (Å²) in [6.45, 7) is 5.84. The van der Waals surface area contributed by atoms with Crippen LogP contribution in [0.3, 0.4) is 0 Å². The smallest absolute Gasteiger partial charge is 0.0639 e. The lowest BCUT2D eigenvalue weighted by molar-refractivity contribution is 0.0776. The normalized spacial score (nSPS) is 35.0. The standard InChI is InChI=1S/C9H20N2O/c1-7-5-9(10)3-4-11(7)6-8(2)12/h7-9,12H,3-6,10H2,1-2H3. The van der Waals surface area contributed by atoms with E-state index in [1.807, 2.05) is 6.92 Å². The lowest BCUT2D eigenvalue weighted by Crippen LogP contribution is -2.47. The van der Waals surface area contributed by atoms with Crippen LogP contribution in [0.2, 0.25) is 0 Å². The maximum atomic E-state index is 9.22. The molecule has 3 unspecified atom stereocenters. The van der Waals surface area contributed by atoms with Crippen molar-refractivity contribution in [2.75, 3.05) is 13.1 Å². The third kappa shape index (κ3) is 2.73. The lowest BCUT2D eigenvalue weighted by atomic mass is 9.99. The molecule has 0 spiro atoms. The quantitative estimate of drug-likeness (QED) is 0.624. The molecule has 3 N–H and O–H groups in total. The van der Waals surface area contributed by atoms with E-state index in [-0.39, 0.29) is 6.10 Å². The van der Waals surface area contributed by atoms with Crippen LogP contribution in [0.15, 0.2) is 0 Å². The zero-order chi connectivity index (χ0) is 9.14. The molecule has 1 heterocycles. The predicted molar refractivity (Wildman–Crippen MR) is 49.9 cm³/mol. The molecular weight excluding hydrogens is 152 g/mol. The van der Waals surface area contributed by atoms with Gasteiger partial charge in [0, 0.05) is 18.6 Å². The molecule has 0 bridgehead atoms. The molecule has 3 heteroatoms. The van der Waals surface area contributed by atoms with Crippen LogP contribution in [-0.2, 0) is 0 Å². The highest BCUT2D eigenvalue weighted by Crippen LogP contribution is 2.15. The third-order valence-electron chi connectivity index (χ3n) is 2.55. The summed E-state index contributed by atoms with van der Waals surface area (Å²) in [4.78, 5) is 2.31. The van der Waals surface area contributed by atoms with Gasteiger partial charge >= 0.3 is 0 Å². The van der Waals surface area contributed by atoms with E-state index in [4.69, 9.17) is 5.73 Å². The van der Waals surface area contributed by atoms with E-state index >= 15 is 0 Å². The molecule has 1 rings (SSSR count). The molecule has 1 aliphatic heterocycles. The number of hydrogen-bond donors (Lipinski definition) is 2. The fourth-order valence-electron chi connectivity index (χ4n) is 1.87. The van der Waals surface area contributed by atoms with Gasteiger partial charge in [0.05, 0.1) is 6.10 Å². The van der Waals surface area contributed by atoms with Gasteiger partial charge in [-0.25, -0.2) is 0 Å². The number of piperidine rings is 1. The second-order valence-electron chi connectivity index (χ2n) is 3.98. The zero-order valence-corrected chi connectivity index (χ0v) is 8.03. The van der Waals surface area contributed by atoms with Crippen molar-refractivity contribution in [2.45, 2.75) is 44.9 Å². The highest BCUT2D eigenvalue weighted by Gasteiger charge is 2.23. The maximum Gasteiger partial charge on any atom is 0.0639 e. The van der Waals surface area contributed by atoms with Crippen LogP contribution in [0.5, 0.6) is 0 Å². The van der Waals surface area contributed by atoms with Crippen LogP contribution in [0.1, 0.15) is 26.7 Å². The van der Waals surface area contributed by atoms with Gasteiger partial charge in [-0.1, -0.05) is 0 Å². The molecule has 0 saturated carbocycles. The van der Waals surface area contributed by atoms with Crippen LogP contribution in [-0.4, -0.2) is 41.3 Å². The van der Waals surface area contributed by atoms with E-state index in [1.54, 1.807) is 0 Å². The van der Waals surface area contributed by atoms with Crippen molar-refractivity contribution in [1.82, 2.24) is 4.90 Å². The molecule has 3 nitrogen and oxygen atoms in total. The molecule has 3 atom stereocenters. The molecule has 0 aromatic rings. The summed E-state index contributed by atoms with van der Waals surface area (Å²) in [5.74, 6) is 0. The van der Waals surface area contributed by atoms with Gasteiger partial charge in [0.15, 0.2) is 0 Å². The molecule has 1 saturated heterocycles. The number of aliphatic hydroxyl groups excluding tert-OH is 1. The van der Waals surface area contributed by atoms with Gasteiger partial charge in [-0.05, 0) is 33.2 Å².